The van der Waals surface area contributed by atoms with E-state index in [4.69, 9.17) is 0 Å². The second-order valence-corrected chi connectivity index (χ2v) is 7.81. The smallest absolute Gasteiger partial charge is 0.318 e. The number of carbonyl (C=O) groups is 1. The van der Waals surface area contributed by atoms with Crippen LogP contribution in [0.4, 0.5) is 4.79 Å². The number of nitrogens with zero attached hydrogens (tertiary/aromatic N) is 2. The average molecular weight is 400 g/mol. The first kappa shape index (κ1) is 20.2. The first-order chi connectivity index (χ1) is 14.7. The van der Waals surface area contributed by atoms with E-state index >= 15 is 0 Å². The Labute approximate surface area is 179 Å². The van der Waals surface area contributed by atoms with Gasteiger partial charge >= 0.3 is 6.03 Å². The summed E-state index contributed by atoms with van der Waals surface area (Å²) in [5, 5.41) is 3.26. The molecular formula is C26H29N3O. The molecule has 1 N–H and O–H groups in total. The molecule has 154 valence electrons. The minimum absolute atomic E-state index is 0.000259. The molecule has 0 aromatic heterocycles. The largest absolute Gasteiger partial charge is 0.327 e. The lowest BCUT2D eigenvalue weighted by Gasteiger charge is -2.38. The van der Waals surface area contributed by atoms with Gasteiger partial charge in [-0.3, -0.25) is 4.90 Å². The van der Waals surface area contributed by atoms with E-state index in [1.54, 1.807) is 0 Å². The summed E-state index contributed by atoms with van der Waals surface area (Å²) in [6.45, 7) is 5.47. The zero-order valence-corrected chi connectivity index (χ0v) is 17.4. The minimum Gasteiger partial charge on any atom is -0.327 e. The fraction of sp³-hybridized carbons (Fsp3) is 0.269. The molecule has 3 aromatic rings. The van der Waals surface area contributed by atoms with Gasteiger partial charge in [0.25, 0.3) is 0 Å². The molecule has 1 atom stereocenters. The second kappa shape index (κ2) is 9.59. The van der Waals surface area contributed by atoms with Gasteiger partial charge in [-0.2, -0.15) is 0 Å². The zero-order valence-electron chi connectivity index (χ0n) is 17.4. The van der Waals surface area contributed by atoms with Crippen molar-refractivity contribution in [2.75, 3.05) is 26.2 Å². The van der Waals surface area contributed by atoms with Crippen molar-refractivity contribution in [3.63, 3.8) is 0 Å². The van der Waals surface area contributed by atoms with Gasteiger partial charge in [-0.15, -0.1) is 0 Å². The van der Waals surface area contributed by atoms with Crippen LogP contribution in [0.1, 0.15) is 35.7 Å². The quantitative estimate of drug-likeness (QED) is 0.665. The van der Waals surface area contributed by atoms with Crippen molar-refractivity contribution in [1.29, 1.82) is 0 Å². The summed E-state index contributed by atoms with van der Waals surface area (Å²) in [6, 6.07) is 31.1. The normalized spacial score (nSPS) is 15.7. The number of hydrogen-bond acceptors (Lipinski definition) is 2. The van der Waals surface area contributed by atoms with Crippen molar-refractivity contribution < 1.29 is 4.79 Å². The topological polar surface area (TPSA) is 35.6 Å². The predicted molar refractivity (Wildman–Crippen MR) is 121 cm³/mol. The van der Waals surface area contributed by atoms with Crippen LogP contribution in [0.5, 0.6) is 0 Å². The number of carbonyl (C=O) groups excluding carboxylic acids is 1. The number of piperazine rings is 1. The predicted octanol–water partition coefficient (Wildman–Crippen LogP) is 4.86. The van der Waals surface area contributed by atoms with Crippen LogP contribution >= 0.6 is 0 Å². The Kier molecular flexibility index (Phi) is 6.45. The van der Waals surface area contributed by atoms with Crippen LogP contribution in [0.15, 0.2) is 91.0 Å². The molecular weight excluding hydrogens is 370 g/mol. The van der Waals surface area contributed by atoms with Crippen molar-refractivity contribution in [2.45, 2.75) is 19.0 Å². The summed E-state index contributed by atoms with van der Waals surface area (Å²) < 4.78 is 0. The molecule has 1 unspecified atom stereocenters. The van der Waals surface area contributed by atoms with Crippen LogP contribution < -0.4 is 5.32 Å². The van der Waals surface area contributed by atoms with Gasteiger partial charge in [0.15, 0.2) is 0 Å². The standard InChI is InChI=1S/C26H29N3O/c1-21(22-11-5-2-6-12-22)28-17-19-29(20-18-28)26(30)27-25(23-13-7-3-8-14-23)24-15-9-4-10-16-24/h2-16,21,25H,17-20H2,1H3,(H,27,30). The highest BCUT2D eigenvalue weighted by atomic mass is 16.2. The van der Waals surface area contributed by atoms with Crippen molar-refractivity contribution >= 4 is 6.03 Å². The third-order valence-electron chi connectivity index (χ3n) is 5.96. The average Bonchev–Trinajstić information content (AvgIpc) is 2.83. The fourth-order valence-corrected chi connectivity index (χ4v) is 4.12. The molecule has 1 heterocycles. The summed E-state index contributed by atoms with van der Waals surface area (Å²) in [7, 11) is 0. The summed E-state index contributed by atoms with van der Waals surface area (Å²) >= 11 is 0. The third kappa shape index (κ3) is 4.71. The number of rotatable bonds is 5. The molecule has 1 fully saturated rings. The molecule has 0 bridgehead atoms. The highest BCUT2D eigenvalue weighted by Gasteiger charge is 2.26. The molecule has 0 aliphatic carbocycles. The fourth-order valence-electron chi connectivity index (χ4n) is 4.12. The van der Waals surface area contributed by atoms with Crippen molar-refractivity contribution in [3.05, 3.63) is 108 Å². The molecule has 3 aromatic carbocycles. The summed E-state index contributed by atoms with van der Waals surface area (Å²) in [5.74, 6) is 0. The van der Waals surface area contributed by atoms with Crippen LogP contribution in [0.2, 0.25) is 0 Å². The van der Waals surface area contributed by atoms with Gasteiger partial charge in [0.05, 0.1) is 6.04 Å². The van der Waals surface area contributed by atoms with Crippen molar-refractivity contribution in [3.8, 4) is 0 Å². The molecule has 1 aliphatic heterocycles. The van der Waals surface area contributed by atoms with Crippen LogP contribution in [-0.2, 0) is 0 Å². The molecule has 4 nitrogen and oxygen atoms in total. The minimum atomic E-state index is -0.152. The lowest BCUT2D eigenvalue weighted by molar-refractivity contribution is 0.113. The number of nitrogens with one attached hydrogen (secondary N) is 1. The molecule has 0 radical (unpaired) electrons. The summed E-state index contributed by atoms with van der Waals surface area (Å²) in [4.78, 5) is 17.5. The maximum Gasteiger partial charge on any atom is 0.318 e. The highest BCUT2D eigenvalue weighted by Crippen LogP contribution is 2.24. The maximum absolute atomic E-state index is 13.1. The number of benzene rings is 3. The van der Waals surface area contributed by atoms with Gasteiger partial charge in [0.2, 0.25) is 0 Å². The van der Waals surface area contributed by atoms with Gasteiger partial charge < -0.3 is 10.2 Å². The maximum atomic E-state index is 13.1. The Hall–Kier alpha value is -3.11. The Morgan fingerprint density at radius 3 is 1.60 bits per heavy atom. The first-order valence-corrected chi connectivity index (χ1v) is 10.7. The lowest BCUT2D eigenvalue weighted by Crippen LogP contribution is -2.52. The van der Waals surface area contributed by atoms with Crippen LogP contribution in [-0.4, -0.2) is 42.0 Å². The van der Waals surface area contributed by atoms with E-state index in [9.17, 15) is 4.79 Å². The SMILES string of the molecule is CC(c1ccccc1)N1CCN(C(=O)NC(c2ccccc2)c2ccccc2)CC1. The van der Waals surface area contributed by atoms with E-state index in [-0.39, 0.29) is 12.1 Å². The van der Waals surface area contributed by atoms with E-state index in [2.05, 4.69) is 65.7 Å². The van der Waals surface area contributed by atoms with Crippen LogP contribution in [0, 0.1) is 0 Å². The number of amides is 2. The van der Waals surface area contributed by atoms with Crippen LogP contribution in [0.3, 0.4) is 0 Å². The van der Waals surface area contributed by atoms with Gasteiger partial charge in [-0.05, 0) is 23.6 Å². The summed E-state index contributed by atoms with van der Waals surface area (Å²) in [5.41, 5.74) is 3.50. The van der Waals surface area contributed by atoms with Crippen LogP contribution in [0.25, 0.3) is 0 Å². The second-order valence-electron chi connectivity index (χ2n) is 7.81. The molecule has 0 spiro atoms. The molecule has 1 saturated heterocycles. The number of urea groups is 1. The van der Waals surface area contributed by atoms with Gasteiger partial charge in [0.1, 0.15) is 0 Å². The van der Waals surface area contributed by atoms with Gasteiger partial charge in [-0.1, -0.05) is 91.0 Å². The Balaban J connectivity index is 1.41. The number of hydrogen-bond donors (Lipinski definition) is 1. The zero-order chi connectivity index (χ0) is 20.8. The van der Waals surface area contributed by atoms with Crippen molar-refractivity contribution in [2.24, 2.45) is 0 Å². The highest BCUT2D eigenvalue weighted by molar-refractivity contribution is 5.75. The van der Waals surface area contributed by atoms with E-state index in [0.29, 0.717) is 6.04 Å². The van der Waals surface area contributed by atoms with E-state index in [1.807, 2.05) is 47.4 Å². The van der Waals surface area contributed by atoms with E-state index < -0.39 is 0 Å². The first-order valence-electron chi connectivity index (χ1n) is 10.7. The Bertz CT molecular complexity index is 883. The third-order valence-corrected chi connectivity index (χ3v) is 5.96. The van der Waals surface area contributed by atoms with Gasteiger partial charge in [0, 0.05) is 32.2 Å². The molecule has 0 saturated carbocycles. The summed E-state index contributed by atoms with van der Waals surface area (Å²) in [6.07, 6.45) is 0. The van der Waals surface area contributed by atoms with E-state index in [1.165, 1.54) is 5.56 Å². The molecule has 4 heteroatoms. The lowest BCUT2D eigenvalue weighted by atomic mass is 9.99. The Morgan fingerprint density at radius 2 is 1.13 bits per heavy atom. The van der Waals surface area contributed by atoms with E-state index in [0.717, 1.165) is 37.3 Å². The van der Waals surface area contributed by atoms with Gasteiger partial charge in [-0.25, -0.2) is 4.79 Å². The molecule has 2 amide bonds. The Morgan fingerprint density at radius 1 is 0.700 bits per heavy atom. The molecule has 1 aliphatic rings. The van der Waals surface area contributed by atoms with Crippen molar-refractivity contribution in [1.82, 2.24) is 15.1 Å². The monoisotopic (exact) mass is 399 g/mol. The molecule has 4 rings (SSSR count). The molecule has 30 heavy (non-hydrogen) atoms.